The fourth-order valence-electron chi connectivity index (χ4n) is 5.17. The molecule has 3 aliphatic rings. The van der Waals surface area contributed by atoms with Gasteiger partial charge in [0.2, 0.25) is 0 Å². The van der Waals surface area contributed by atoms with E-state index in [0.717, 1.165) is 23.9 Å². The molecule has 1 heteroatoms. The van der Waals surface area contributed by atoms with Crippen LogP contribution in [0.1, 0.15) is 72.6 Å². The molecule has 3 aliphatic carbocycles. The lowest BCUT2D eigenvalue weighted by atomic mass is 9.69. The quantitative estimate of drug-likeness (QED) is 0.766. The molecule has 0 spiro atoms. The Morgan fingerprint density at radius 2 is 1.61 bits per heavy atom. The van der Waals surface area contributed by atoms with E-state index in [1.165, 1.54) is 44.9 Å². The molecule has 0 aliphatic heterocycles. The van der Waals surface area contributed by atoms with Gasteiger partial charge in [0.15, 0.2) is 0 Å². The monoisotopic (exact) mass is 249 g/mol. The standard InChI is InChI=1S/C17H31N/c1-12-5-7-14(8-6-12)18-15-11-13-9-10-17(15,4)16(13,2)3/h12-15,18H,5-11H2,1-4H3. The van der Waals surface area contributed by atoms with Gasteiger partial charge in [0.25, 0.3) is 0 Å². The first-order chi connectivity index (χ1) is 8.43. The lowest BCUT2D eigenvalue weighted by Gasteiger charge is -2.42. The van der Waals surface area contributed by atoms with E-state index < -0.39 is 0 Å². The third-order valence-corrected chi connectivity index (χ3v) is 7.25. The van der Waals surface area contributed by atoms with Gasteiger partial charge in [0, 0.05) is 12.1 Å². The molecular formula is C17H31N. The van der Waals surface area contributed by atoms with Crippen molar-refractivity contribution in [1.29, 1.82) is 0 Å². The summed E-state index contributed by atoms with van der Waals surface area (Å²) in [7, 11) is 0. The maximum absolute atomic E-state index is 4.07. The number of hydrogen-bond acceptors (Lipinski definition) is 1. The molecule has 3 rings (SSSR count). The van der Waals surface area contributed by atoms with Gasteiger partial charge in [-0.1, -0.05) is 27.7 Å². The maximum Gasteiger partial charge on any atom is 0.0131 e. The molecule has 3 atom stereocenters. The molecule has 18 heavy (non-hydrogen) atoms. The Kier molecular flexibility index (Phi) is 3.05. The summed E-state index contributed by atoms with van der Waals surface area (Å²) in [5, 5.41) is 4.07. The highest BCUT2D eigenvalue weighted by Crippen LogP contribution is 2.65. The van der Waals surface area contributed by atoms with Gasteiger partial charge < -0.3 is 5.32 Å². The third-order valence-electron chi connectivity index (χ3n) is 7.25. The molecule has 0 amide bonds. The van der Waals surface area contributed by atoms with Crippen LogP contribution in [0.2, 0.25) is 0 Å². The second-order valence-electron chi connectivity index (χ2n) is 8.29. The van der Waals surface area contributed by atoms with Crippen LogP contribution < -0.4 is 5.32 Å². The molecule has 1 nitrogen and oxygen atoms in total. The maximum atomic E-state index is 4.07. The number of rotatable bonds is 2. The zero-order valence-electron chi connectivity index (χ0n) is 12.8. The average Bonchev–Trinajstić information content (AvgIpc) is 2.65. The van der Waals surface area contributed by atoms with E-state index in [1.54, 1.807) is 0 Å². The Bertz CT molecular complexity index is 314. The van der Waals surface area contributed by atoms with Crippen LogP contribution in [0.5, 0.6) is 0 Å². The van der Waals surface area contributed by atoms with Gasteiger partial charge in [0.05, 0.1) is 0 Å². The molecule has 0 aromatic heterocycles. The molecule has 0 aromatic rings. The van der Waals surface area contributed by atoms with Gasteiger partial charge in [0.1, 0.15) is 0 Å². The molecule has 0 heterocycles. The largest absolute Gasteiger partial charge is 0.311 e. The molecule has 1 N–H and O–H groups in total. The van der Waals surface area contributed by atoms with Crippen molar-refractivity contribution in [2.45, 2.75) is 84.7 Å². The Morgan fingerprint density at radius 1 is 0.944 bits per heavy atom. The van der Waals surface area contributed by atoms with E-state index in [2.05, 4.69) is 33.0 Å². The highest BCUT2D eigenvalue weighted by molar-refractivity contribution is 5.13. The van der Waals surface area contributed by atoms with Crippen LogP contribution in [0.3, 0.4) is 0 Å². The van der Waals surface area contributed by atoms with Crippen LogP contribution in [-0.2, 0) is 0 Å². The molecular weight excluding hydrogens is 218 g/mol. The summed E-state index contributed by atoms with van der Waals surface area (Å²) in [5.74, 6) is 1.94. The lowest BCUT2D eigenvalue weighted by Crippen LogP contribution is -2.49. The first-order valence-electron chi connectivity index (χ1n) is 8.19. The van der Waals surface area contributed by atoms with Crippen molar-refractivity contribution in [3.8, 4) is 0 Å². The van der Waals surface area contributed by atoms with Crippen LogP contribution >= 0.6 is 0 Å². The van der Waals surface area contributed by atoms with Crippen molar-refractivity contribution in [3.63, 3.8) is 0 Å². The normalized spacial score (nSPS) is 50.7. The van der Waals surface area contributed by atoms with E-state index in [4.69, 9.17) is 0 Å². The fourth-order valence-corrected chi connectivity index (χ4v) is 5.17. The van der Waals surface area contributed by atoms with Gasteiger partial charge >= 0.3 is 0 Å². The minimum Gasteiger partial charge on any atom is -0.311 e. The highest BCUT2D eigenvalue weighted by atomic mass is 15.0. The average molecular weight is 249 g/mol. The van der Waals surface area contributed by atoms with Gasteiger partial charge in [-0.25, -0.2) is 0 Å². The minimum absolute atomic E-state index is 0.556. The predicted molar refractivity (Wildman–Crippen MR) is 77.6 cm³/mol. The fraction of sp³-hybridized carbons (Fsp3) is 1.00. The smallest absolute Gasteiger partial charge is 0.0131 e. The summed E-state index contributed by atoms with van der Waals surface area (Å²) < 4.78 is 0. The van der Waals surface area contributed by atoms with Crippen LogP contribution in [0, 0.1) is 22.7 Å². The third kappa shape index (κ3) is 1.77. The number of fused-ring (bicyclic) bond motifs is 2. The lowest BCUT2D eigenvalue weighted by molar-refractivity contribution is 0.109. The van der Waals surface area contributed by atoms with Crippen molar-refractivity contribution < 1.29 is 0 Å². The molecule has 2 bridgehead atoms. The van der Waals surface area contributed by atoms with Crippen LogP contribution in [0.15, 0.2) is 0 Å². The summed E-state index contributed by atoms with van der Waals surface area (Å²) >= 11 is 0. The Labute approximate surface area is 113 Å². The number of hydrogen-bond donors (Lipinski definition) is 1. The summed E-state index contributed by atoms with van der Waals surface area (Å²) in [6.07, 6.45) is 10.1. The van der Waals surface area contributed by atoms with Crippen molar-refractivity contribution in [3.05, 3.63) is 0 Å². The zero-order chi connectivity index (χ0) is 13.0. The summed E-state index contributed by atoms with van der Waals surface area (Å²) in [6.45, 7) is 10.0. The predicted octanol–water partition coefficient (Wildman–Crippen LogP) is 4.37. The van der Waals surface area contributed by atoms with Crippen LogP contribution in [-0.4, -0.2) is 12.1 Å². The Balaban J connectivity index is 1.65. The van der Waals surface area contributed by atoms with Crippen LogP contribution in [0.25, 0.3) is 0 Å². The van der Waals surface area contributed by atoms with Crippen molar-refractivity contribution in [2.24, 2.45) is 22.7 Å². The van der Waals surface area contributed by atoms with E-state index in [9.17, 15) is 0 Å². The van der Waals surface area contributed by atoms with E-state index in [1.807, 2.05) is 0 Å². The molecule has 3 saturated carbocycles. The van der Waals surface area contributed by atoms with Gasteiger partial charge in [-0.2, -0.15) is 0 Å². The second kappa shape index (κ2) is 4.23. The van der Waals surface area contributed by atoms with Crippen LogP contribution in [0.4, 0.5) is 0 Å². The topological polar surface area (TPSA) is 12.0 Å². The number of nitrogens with one attached hydrogen (secondary N) is 1. The van der Waals surface area contributed by atoms with E-state index >= 15 is 0 Å². The molecule has 0 aromatic carbocycles. The molecule has 3 unspecified atom stereocenters. The van der Waals surface area contributed by atoms with Gasteiger partial charge in [-0.15, -0.1) is 0 Å². The summed E-state index contributed by atoms with van der Waals surface area (Å²) in [6, 6.07) is 1.61. The molecule has 3 fully saturated rings. The highest BCUT2D eigenvalue weighted by Gasteiger charge is 2.61. The SMILES string of the molecule is CC1CCC(NC2CC3CCC2(C)C3(C)C)CC1. The zero-order valence-corrected chi connectivity index (χ0v) is 12.8. The van der Waals surface area contributed by atoms with Gasteiger partial charge in [-0.05, 0) is 67.6 Å². The first kappa shape index (κ1) is 13.0. The molecule has 104 valence electrons. The Hall–Kier alpha value is -0.0400. The molecule has 0 saturated heterocycles. The van der Waals surface area contributed by atoms with Gasteiger partial charge in [-0.3, -0.25) is 0 Å². The van der Waals surface area contributed by atoms with Crippen molar-refractivity contribution >= 4 is 0 Å². The minimum atomic E-state index is 0.556. The van der Waals surface area contributed by atoms with Crippen molar-refractivity contribution in [2.75, 3.05) is 0 Å². The van der Waals surface area contributed by atoms with Crippen molar-refractivity contribution in [1.82, 2.24) is 5.32 Å². The summed E-state index contributed by atoms with van der Waals surface area (Å²) in [4.78, 5) is 0. The Morgan fingerprint density at radius 3 is 2.11 bits per heavy atom. The molecule has 0 radical (unpaired) electrons. The van der Waals surface area contributed by atoms with E-state index in [-0.39, 0.29) is 0 Å². The first-order valence-corrected chi connectivity index (χ1v) is 8.19. The van der Waals surface area contributed by atoms with E-state index in [0.29, 0.717) is 10.8 Å². The second-order valence-corrected chi connectivity index (χ2v) is 8.29. The summed E-state index contributed by atoms with van der Waals surface area (Å²) in [5.41, 5.74) is 1.12.